The molecule has 0 atom stereocenters. The molecule has 0 spiro atoms. The summed E-state index contributed by atoms with van der Waals surface area (Å²) in [6.07, 6.45) is 5.93. The van der Waals surface area contributed by atoms with E-state index >= 15 is 0 Å². The number of phenols is 1. The zero-order valence-corrected chi connectivity index (χ0v) is 15.1. The van der Waals surface area contributed by atoms with Gasteiger partial charge in [0, 0.05) is 17.1 Å². The summed E-state index contributed by atoms with van der Waals surface area (Å²) in [4.78, 5) is 15.5. The molecule has 1 aromatic heterocycles. The highest BCUT2D eigenvalue weighted by Crippen LogP contribution is 2.20. The van der Waals surface area contributed by atoms with E-state index in [4.69, 9.17) is 4.74 Å². The van der Waals surface area contributed by atoms with Crippen molar-refractivity contribution < 1.29 is 14.6 Å². The largest absolute Gasteiger partial charge is 0.508 e. The van der Waals surface area contributed by atoms with E-state index in [1.54, 1.807) is 18.2 Å². The zero-order valence-electron chi connectivity index (χ0n) is 15.1. The van der Waals surface area contributed by atoms with Gasteiger partial charge in [-0.1, -0.05) is 54.6 Å². The Morgan fingerprint density at radius 1 is 0.929 bits per heavy atom. The van der Waals surface area contributed by atoms with Crippen LogP contribution < -0.4 is 4.74 Å². The number of para-hydroxylation sites is 1. The first-order chi connectivity index (χ1) is 13.7. The van der Waals surface area contributed by atoms with Crippen molar-refractivity contribution in [3.63, 3.8) is 0 Å². The summed E-state index contributed by atoms with van der Waals surface area (Å²) in [5.74, 6) is 0.448. The lowest BCUT2D eigenvalue weighted by Gasteiger charge is -2.05. The van der Waals surface area contributed by atoms with Gasteiger partial charge >= 0.3 is 5.97 Å². The fourth-order valence-electron chi connectivity index (χ4n) is 3.06. The van der Waals surface area contributed by atoms with Crippen LogP contribution in [0, 0.1) is 0 Å². The number of aromatic hydroxyl groups is 1. The third-order valence-electron chi connectivity index (χ3n) is 4.46. The van der Waals surface area contributed by atoms with Crippen molar-refractivity contribution in [3.8, 4) is 11.5 Å². The van der Waals surface area contributed by atoms with E-state index < -0.39 is 0 Å². The molecule has 28 heavy (non-hydrogen) atoms. The Morgan fingerprint density at radius 2 is 1.71 bits per heavy atom. The van der Waals surface area contributed by atoms with Crippen molar-refractivity contribution in [3.05, 3.63) is 95.7 Å². The molecule has 0 amide bonds. The zero-order chi connectivity index (χ0) is 19.3. The molecule has 4 nitrogen and oxygen atoms in total. The molecule has 3 aromatic carbocycles. The van der Waals surface area contributed by atoms with Crippen LogP contribution in [-0.2, 0) is 11.2 Å². The number of hydrogen-bond donors (Lipinski definition) is 2. The Morgan fingerprint density at radius 3 is 2.57 bits per heavy atom. The summed E-state index contributed by atoms with van der Waals surface area (Å²) in [5.41, 5.74) is 3.82. The average molecular weight is 369 g/mol. The number of rotatable bonds is 5. The Balaban J connectivity index is 1.44. The van der Waals surface area contributed by atoms with Crippen LogP contribution in [-0.4, -0.2) is 16.1 Å². The minimum absolute atomic E-state index is 0.206. The number of H-pyrrole nitrogens is 1. The first-order valence-corrected chi connectivity index (χ1v) is 9.00. The van der Waals surface area contributed by atoms with Crippen molar-refractivity contribution in [1.82, 2.24) is 4.98 Å². The molecule has 0 saturated heterocycles. The van der Waals surface area contributed by atoms with Crippen molar-refractivity contribution in [2.24, 2.45) is 0 Å². The van der Waals surface area contributed by atoms with Crippen LogP contribution in [0.2, 0.25) is 0 Å². The Labute approximate surface area is 162 Å². The Hall–Kier alpha value is -3.79. The summed E-state index contributed by atoms with van der Waals surface area (Å²) >= 11 is 0. The maximum Gasteiger partial charge on any atom is 0.315 e. The molecule has 0 saturated carbocycles. The number of hydrogen-bond acceptors (Lipinski definition) is 3. The van der Waals surface area contributed by atoms with Crippen LogP contribution >= 0.6 is 0 Å². The lowest BCUT2D eigenvalue weighted by atomic mass is 10.1. The minimum Gasteiger partial charge on any atom is -0.508 e. The maximum absolute atomic E-state index is 12.4. The molecular formula is C24H19NO3. The van der Waals surface area contributed by atoms with Crippen LogP contribution in [0.1, 0.15) is 16.7 Å². The molecule has 4 aromatic rings. The summed E-state index contributed by atoms with van der Waals surface area (Å²) in [6.45, 7) is 0. The SMILES string of the molecule is O=C(Cc1c[nH]c2ccccc12)Oc1cccc(/C=C/c2ccc(O)cc2)c1. The van der Waals surface area contributed by atoms with Gasteiger partial charge in [-0.3, -0.25) is 4.79 Å². The number of aromatic nitrogens is 1. The van der Waals surface area contributed by atoms with E-state index in [0.29, 0.717) is 5.75 Å². The normalized spacial score (nSPS) is 11.1. The van der Waals surface area contributed by atoms with E-state index in [2.05, 4.69) is 4.98 Å². The molecule has 4 heteroatoms. The number of nitrogens with one attached hydrogen (secondary N) is 1. The summed E-state index contributed by atoms with van der Waals surface area (Å²) < 4.78 is 5.53. The first kappa shape index (κ1) is 17.6. The summed E-state index contributed by atoms with van der Waals surface area (Å²) in [6, 6.07) is 22.2. The van der Waals surface area contributed by atoms with Gasteiger partial charge in [0.05, 0.1) is 6.42 Å². The van der Waals surface area contributed by atoms with Gasteiger partial charge in [0.2, 0.25) is 0 Å². The molecule has 4 rings (SSSR count). The third-order valence-corrected chi connectivity index (χ3v) is 4.46. The van der Waals surface area contributed by atoms with Crippen molar-refractivity contribution in [1.29, 1.82) is 0 Å². The highest BCUT2D eigenvalue weighted by Gasteiger charge is 2.10. The molecule has 0 radical (unpaired) electrons. The molecule has 2 N–H and O–H groups in total. The quantitative estimate of drug-likeness (QED) is 0.289. The smallest absolute Gasteiger partial charge is 0.315 e. The molecule has 0 aliphatic rings. The lowest BCUT2D eigenvalue weighted by molar-refractivity contribution is -0.133. The number of carbonyl (C=O) groups is 1. The van der Waals surface area contributed by atoms with Crippen molar-refractivity contribution in [2.45, 2.75) is 6.42 Å². The molecule has 0 unspecified atom stereocenters. The van der Waals surface area contributed by atoms with E-state index in [9.17, 15) is 9.90 Å². The molecule has 1 heterocycles. The summed E-state index contributed by atoms with van der Waals surface area (Å²) in [7, 11) is 0. The van der Waals surface area contributed by atoms with Crippen LogP contribution in [0.25, 0.3) is 23.1 Å². The van der Waals surface area contributed by atoms with Crippen LogP contribution in [0.3, 0.4) is 0 Å². The second-order valence-corrected chi connectivity index (χ2v) is 6.51. The number of ether oxygens (including phenoxy) is 1. The van der Waals surface area contributed by atoms with Crippen molar-refractivity contribution >= 4 is 29.0 Å². The van der Waals surface area contributed by atoms with Gasteiger partial charge in [-0.25, -0.2) is 0 Å². The van der Waals surface area contributed by atoms with Gasteiger partial charge in [0.25, 0.3) is 0 Å². The lowest BCUT2D eigenvalue weighted by Crippen LogP contribution is -2.11. The van der Waals surface area contributed by atoms with Gasteiger partial charge < -0.3 is 14.8 Å². The predicted molar refractivity (Wildman–Crippen MR) is 111 cm³/mol. The van der Waals surface area contributed by atoms with Gasteiger partial charge in [-0.15, -0.1) is 0 Å². The van der Waals surface area contributed by atoms with Crippen LogP contribution in [0.4, 0.5) is 0 Å². The van der Waals surface area contributed by atoms with Gasteiger partial charge in [-0.05, 0) is 47.0 Å². The molecule has 0 fully saturated rings. The number of fused-ring (bicyclic) bond motifs is 1. The topological polar surface area (TPSA) is 62.3 Å². The number of carbonyl (C=O) groups excluding carboxylic acids is 1. The fourth-order valence-corrected chi connectivity index (χ4v) is 3.06. The minimum atomic E-state index is -0.301. The van der Waals surface area contributed by atoms with Gasteiger partial charge in [-0.2, -0.15) is 0 Å². The fraction of sp³-hybridized carbons (Fsp3) is 0.0417. The second kappa shape index (κ2) is 7.84. The second-order valence-electron chi connectivity index (χ2n) is 6.51. The monoisotopic (exact) mass is 369 g/mol. The number of benzene rings is 3. The number of esters is 1. The Bertz CT molecular complexity index is 1140. The van der Waals surface area contributed by atoms with E-state index in [1.165, 1.54) is 0 Å². The van der Waals surface area contributed by atoms with E-state index in [-0.39, 0.29) is 18.1 Å². The molecule has 0 aliphatic heterocycles. The van der Waals surface area contributed by atoms with E-state index in [1.807, 2.05) is 72.9 Å². The van der Waals surface area contributed by atoms with Gasteiger partial charge in [0.15, 0.2) is 0 Å². The maximum atomic E-state index is 12.4. The van der Waals surface area contributed by atoms with Crippen LogP contribution in [0.5, 0.6) is 11.5 Å². The molecule has 138 valence electrons. The predicted octanol–water partition coefficient (Wildman–Crippen LogP) is 5.19. The van der Waals surface area contributed by atoms with E-state index in [0.717, 1.165) is 27.6 Å². The van der Waals surface area contributed by atoms with Crippen LogP contribution in [0.15, 0.2) is 79.0 Å². The van der Waals surface area contributed by atoms with Crippen molar-refractivity contribution in [2.75, 3.05) is 0 Å². The number of aromatic amines is 1. The molecule has 0 bridgehead atoms. The number of phenolic OH excluding ortho intramolecular Hbond substituents is 1. The molecular weight excluding hydrogens is 350 g/mol. The standard InChI is InChI=1S/C24H19NO3/c26-20-12-10-17(11-13-20)8-9-18-4-3-5-21(14-18)28-24(27)15-19-16-25-23-7-2-1-6-22(19)23/h1-14,16,25-26H,15H2/b9-8+. The third kappa shape index (κ3) is 4.13. The molecule has 0 aliphatic carbocycles. The van der Waals surface area contributed by atoms with Gasteiger partial charge in [0.1, 0.15) is 11.5 Å². The highest BCUT2D eigenvalue weighted by molar-refractivity contribution is 5.87. The summed E-state index contributed by atoms with van der Waals surface area (Å²) in [5, 5.41) is 10.4. The first-order valence-electron chi connectivity index (χ1n) is 9.00. The Kier molecular flexibility index (Phi) is 4.93. The average Bonchev–Trinajstić information content (AvgIpc) is 3.11. The highest BCUT2D eigenvalue weighted by atomic mass is 16.5.